The number of carbonyl (C=O) groups is 2. The fraction of sp³-hybridized carbons (Fsp3) is 0.591. The van der Waals surface area contributed by atoms with E-state index in [0.29, 0.717) is 6.21 Å². The number of hydrogen-bond donors (Lipinski definition) is 0. The largest absolute Gasteiger partial charge is 0.462 e. The van der Waals surface area contributed by atoms with E-state index < -0.39 is 62.8 Å². The molecule has 0 aliphatic heterocycles. The second kappa shape index (κ2) is 12.7. The van der Waals surface area contributed by atoms with Crippen molar-refractivity contribution in [1.82, 2.24) is 0 Å². The van der Waals surface area contributed by atoms with Gasteiger partial charge in [-0.3, -0.25) is 13.8 Å². The lowest BCUT2D eigenvalue weighted by Crippen LogP contribution is -2.47. The summed E-state index contributed by atoms with van der Waals surface area (Å²) in [4.78, 5) is 28.8. The molecule has 3 atom stereocenters. The molecule has 204 valence electrons. The third-order valence-corrected chi connectivity index (χ3v) is 6.85. The first-order chi connectivity index (χ1) is 16.3. The van der Waals surface area contributed by atoms with Crippen molar-refractivity contribution >= 4 is 63.1 Å². The summed E-state index contributed by atoms with van der Waals surface area (Å²) in [5.41, 5.74) is -2.09. The van der Waals surface area contributed by atoms with E-state index in [1.807, 2.05) is 0 Å². The number of carbonyl (C=O) groups excluding carboxylic acids is 2. The van der Waals surface area contributed by atoms with E-state index in [1.165, 1.54) is 20.8 Å². The molecule has 1 rings (SSSR count). The van der Waals surface area contributed by atoms with Gasteiger partial charge in [0.05, 0.1) is 32.1 Å². The molecular weight excluding hydrogens is 564 g/mol. The molecule has 1 aromatic carbocycles. The van der Waals surface area contributed by atoms with E-state index in [0.717, 1.165) is 19.2 Å². The quantitative estimate of drug-likeness (QED) is 0.119. The molecule has 0 aliphatic rings. The molecule has 0 heterocycles. The first-order valence-electron chi connectivity index (χ1n) is 10.5. The first-order valence-corrected chi connectivity index (χ1v) is 13.0. The van der Waals surface area contributed by atoms with Gasteiger partial charge in [0.25, 0.3) is 10.1 Å². The van der Waals surface area contributed by atoms with Gasteiger partial charge < -0.3 is 14.3 Å². The lowest BCUT2D eigenvalue weighted by molar-refractivity contribution is -0.171. The summed E-state index contributed by atoms with van der Waals surface area (Å²) in [6.07, 6.45) is -5.38. The molecule has 0 fully saturated rings. The molecular formula is C22H29Cl3FNO8S. The average Bonchev–Trinajstić information content (AvgIpc) is 2.73. The zero-order valence-electron chi connectivity index (χ0n) is 20.8. The number of halogens is 4. The highest BCUT2D eigenvalue weighted by Gasteiger charge is 2.41. The Bertz CT molecular complexity index is 1080. The van der Waals surface area contributed by atoms with Crippen LogP contribution in [0.4, 0.5) is 4.39 Å². The van der Waals surface area contributed by atoms with Crippen LogP contribution in [0.3, 0.4) is 0 Å². The number of ether oxygens (including phenoxy) is 2. The van der Waals surface area contributed by atoms with Gasteiger partial charge in [0.15, 0.2) is 18.4 Å². The van der Waals surface area contributed by atoms with Gasteiger partial charge in [0.2, 0.25) is 0 Å². The fourth-order valence-corrected chi connectivity index (χ4v) is 4.36. The first kappa shape index (κ1) is 32.4. The number of rotatable bonds is 10. The van der Waals surface area contributed by atoms with Crippen LogP contribution >= 0.6 is 34.8 Å². The number of oxime groups is 1. The molecule has 0 saturated carbocycles. The molecule has 0 saturated heterocycles. The predicted molar refractivity (Wildman–Crippen MR) is 134 cm³/mol. The molecule has 1 aromatic rings. The van der Waals surface area contributed by atoms with Crippen molar-refractivity contribution in [3.8, 4) is 0 Å². The van der Waals surface area contributed by atoms with Gasteiger partial charge in [-0.1, -0.05) is 40.0 Å². The average molecular weight is 593 g/mol. The van der Waals surface area contributed by atoms with Crippen LogP contribution in [-0.2, 0) is 38.2 Å². The molecule has 9 nitrogen and oxygen atoms in total. The van der Waals surface area contributed by atoms with E-state index in [9.17, 15) is 18.0 Å². The molecule has 0 spiro atoms. The molecule has 14 heteroatoms. The highest BCUT2D eigenvalue weighted by atomic mass is 35.5. The SMILES string of the molecule is CON=C[C@@H](F)[C@H](OC(=O)C(C)(C)C)[C@@H](COC(=O)C(C)(C)C)OS(=O)(=O)c1cc(Cl)c(Cl)cc1Cl. The highest BCUT2D eigenvalue weighted by Crippen LogP contribution is 2.33. The van der Waals surface area contributed by atoms with Crippen LogP contribution in [0.2, 0.25) is 15.1 Å². The van der Waals surface area contributed by atoms with Crippen LogP contribution in [0.15, 0.2) is 22.2 Å². The van der Waals surface area contributed by atoms with Crippen LogP contribution < -0.4 is 0 Å². The Morgan fingerprint density at radius 3 is 2.03 bits per heavy atom. The fourth-order valence-electron chi connectivity index (χ4n) is 2.31. The van der Waals surface area contributed by atoms with Gasteiger partial charge in [-0.25, -0.2) is 4.39 Å². The van der Waals surface area contributed by atoms with Crippen LogP contribution in [0.5, 0.6) is 0 Å². The smallest absolute Gasteiger partial charge is 0.311 e. The van der Waals surface area contributed by atoms with Gasteiger partial charge in [0.1, 0.15) is 18.6 Å². The molecule has 0 N–H and O–H groups in total. The van der Waals surface area contributed by atoms with Gasteiger partial charge in [-0.2, -0.15) is 8.42 Å². The summed E-state index contributed by atoms with van der Waals surface area (Å²) in [6.45, 7) is 8.37. The number of alkyl halides is 1. The third kappa shape index (κ3) is 9.33. The van der Waals surface area contributed by atoms with E-state index in [4.69, 9.17) is 48.5 Å². The van der Waals surface area contributed by atoms with Crippen molar-refractivity contribution in [1.29, 1.82) is 0 Å². The van der Waals surface area contributed by atoms with Gasteiger partial charge >= 0.3 is 11.9 Å². The summed E-state index contributed by atoms with van der Waals surface area (Å²) >= 11 is 17.8. The normalized spacial score (nSPS) is 15.3. The van der Waals surface area contributed by atoms with E-state index in [2.05, 4.69) is 9.99 Å². The van der Waals surface area contributed by atoms with Crippen molar-refractivity contribution in [2.45, 2.75) is 64.8 Å². The summed E-state index contributed by atoms with van der Waals surface area (Å²) in [7, 11) is -3.64. The minimum atomic E-state index is -4.78. The van der Waals surface area contributed by atoms with E-state index in [1.54, 1.807) is 20.8 Å². The maximum Gasteiger partial charge on any atom is 0.311 e. The monoisotopic (exact) mass is 591 g/mol. The highest BCUT2D eigenvalue weighted by molar-refractivity contribution is 7.87. The van der Waals surface area contributed by atoms with E-state index in [-0.39, 0.29) is 15.1 Å². The molecule has 36 heavy (non-hydrogen) atoms. The Balaban J connectivity index is 3.55. The lowest BCUT2D eigenvalue weighted by Gasteiger charge is -2.30. The van der Waals surface area contributed by atoms with Crippen LogP contribution in [0.1, 0.15) is 41.5 Å². The Morgan fingerprint density at radius 2 is 1.53 bits per heavy atom. The molecule has 0 bridgehead atoms. The van der Waals surface area contributed by atoms with Crippen LogP contribution in [0.25, 0.3) is 0 Å². The van der Waals surface area contributed by atoms with Gasteiger partial charge in [-0.15, -0.1) is 0 Å². The summed E-state index contributed by atoms with van der Waals surface area (Å²) in [5, 5.41) is 2.81. The maximum atomic E-state index is 15.2. The molecule has 0 aromatic heterocycles. The lowest BCUT2D eigenvalue weighted by atomic mass is 9.97. The maximum absolute atomic E-state index is 15.2. The number of esters is 2. The minimum absolute atomic E-state index is 0.0205. The Kier molecular flexibility index (Phi) is 11.4. The predicted octanol–water partition coefficient (Wildman–Crippen LogP) is 5.24. The van der Waals surface area contributed by atoms with Crippen molar-refractivity contribution in [3.63, 3.8) is 0 Å². The number of nitrogens with zero attached hydrogens (tertiary/aromatic N) is 1. The molecule has 0 radical (unpaired) electrons. The van der Waals surface area contributed by atoms with E-state index >= 15 is 4.39 Å². The zero-order valence-corrected chi connectivity index (χ0v) is 23.9. The Hall–Kier alpha value is -1.66. The van der Waals surface area contributed by atoms with Gasteiger partial charge in [-0.05, 0) is 53.7 Å². The van der Waals surface area contributed by atoms with Crippen LogP contribution in [0, 0.1) is 10.8 Å². The second-order valence-electron chi connectivity index (χ2n) is 9.64. The zero-order chi connectivity index (χ0) is 28.1. The van der Waals surface area contributed by atoms with Crippen molar-refractivity contribution < 1.29 is 40.9 Å². The molecule has 0 unspecified atom stereocenters. The topological polar surface area (TPSA) is 118 Å². The van der Waals surface area contributed by atoms with Crippen molar-refractivity contribution in [2.75, 3.05) is 13.7 Å². The number of hydrogen-bond acceptors (Lipinski definition) is 9. The summed E-state index contributed by atoms with van der Waals surface area (Å²) in [6, 6.07) is 2.02. The van der Waals surface area contributed by atoms with Crippen molar-refractivity contribution in [3.05, 3.63) is 27.2 Å². The second-order valence-corrected chi connectivity index (χ2v) is 12.4. The third-order valence-electron chi connectivity index (χ3n) is 4.33. The standard InChI is InChI=1S/C22H29Cl3FNO8S/c1-21(2,3)19(28)33-11-16(18(15(26)10-27-32-7)34-20(29)22(4,5)6)35-36(30,31)17-9-13(24)12(23)8-14(17)25/h8-10,15-16,18H,11H2,1-7H3/t15-,16-,18+/m1/s1. The van der Waals surface area contributed by atoms with Crippen LogP contribution in [-0.4, -0.2) is 58.7 Å². The number of benzene rings is 1. The Labute approximate surface area is 225 Å². The van der Waals surface area contributed by atoms with Crippen molar-refractivity contribution in [2.24, 2.45) is 16.0 Å². The van der Waals surface area contributed by atoms with Gasteiger partial charge in [0, 0.05) is 0 Å². The summed E-state index contributed by atoms with van der Waals surface area (Å²) < 4.78 is 57.1. The summed E-state index contributed by atoms with van der Waals surface area (Å²) in [5.74, 6) is -1.63. The minimum Gasteiger partial charge on any atom is -0.462 e. The Morgan fingerprint density at radius 1 is 1.00 bits per heavy atom. The molecule has 0 aliphatic carbocycles. The molecule has 0 amide bonds.